The molecule has 0 aliphatic heterocycles. The Bertz CT molecular complexity index is 484. The van der Waals surface area contributed by atoms with Crippen LogP contribution in [0.2, 0.25) is 5.15 Å². The summed E-state index contributed by atoms with van der Waals surface area (Å²) >= 11 is 5.90. The van der Waals surface area contributed by atoms with Gasteiger partial charge in [-0.05, 0) is 12.1 Å². The minimum absolute atomic E-state index is 0.627. The van der Waals surface area contributed by atoms with E-state index < -0.39 is 0 Å². The maximum atomic E-state index is 5.90. The van der Waals surface area contributed by atoms with E-state index in [1.807, 2.05) is 41.9 Å². The number of hydrogen-bond acceptors (Lipinski definition) is 3. The molecule has 2 aromatic rings. The van der Waals surface area contributed by atoms with E-state index >= 15 is 0 Å². The molecule has 0 aliphatic rings. The molecule has 1 aromatic heterocycles. The molecule has 1 N–H and O–H groups in total. The molecule has 5 heteroatoms. The fourth-order valence-electron chi connectivity index (χ4n) is 1.55. The van der Waals surface area contributed by atoms with Crippen LogP contribution in [0.3, 0.4) is 0 Å². The average molecular weight is 266 g/mol. The SMILES string of the molecule is Cn1c(Cl)cnc1CNCCOc1ccccc1. The minimum atomic E-state index is 0.627. The molecular weight excluding hydrogens is 250 g/mol. The van der Waals surface area contributed by atoms with Gasteiger partial charge in [0.1, 0.15) is 23.3 Å². The van der Waals surface area contributed by atoms with Crippen molar-refractivity contribution >= 4 is 11.6 Å². The second kappa shape index (κ2) is 6.42. The number of aromatic nitrogens is 2. The van der Waals surface area contributed by atoms with Crippen LogP contribution in [0.15, 0.2) is 36.5 Å². The molecule has 0 unspecified atom stereocenters. The molecule has 1 aromatic carbocycles. The van der Waals surface area contributed by atoms with Gasteiger partial charge in [0.05, 0.1) is 12.7 Å². The van der Waals surface area contributed by atoms with Crippen LogP contribution >= 0.6 is 11.6 Å². The third kappa shape index (κ3) is 3.48. The molecule has 0 saturated heterocycles. The van der Waals surface area contributed by atoms with E-state index in [9.17, 15) is 0 Å². The first-order valence-electron chi connectivity index (χ1n) is 5.82. The number of nitrogens with zero attached hydrogens (tertiary/aromatic N) is 2. The van der Waals surface area contributed by atoms with Gasteiger partial charge in [0.15, 0.2) is 0 Å². The van der Waals surface area contributed by atoms with Crippen LogP contribution in [-0.2, 0) is 13.6 Å². The van der Waals surface area contributed by atoms with Crippen molar-refractivity contribution < 1.29 is 4.74 Å². The Labute approximate surface area is 112 Å². The highest BCUT2D eigenvalue weighted by Gasteiger charge is 2.02. The summed E-state index contributed by atoms with van der Waals surface area (Å²) in [5.74, 6) is 1.80. The van der Waals surface area contributed by atoms with Crippen LogP contribution in [-0.4, -0.2) is 22.7 Å². The summed E-state index contributed by atoms with van der Waals surface area (Å²) in [6.45, 7) is 2.07. The molecule has 4 nitrogen and oxygen atoms in total. The van der Waals surface area contributed by atoms with Crippen LogP contribution in [0, 0.1) is 0 Å². The number of hydrogen-bond donors (Lipinski definition) is 1. The Morgan fingerprint density at radius 3 is 2.78 bits per heavy atom. The van der Waals surface area contributed by atoms with Crippen molar-refractivity contribution in [2.75, 3.05) is 13.2 Å². The average Bonchev–Trinajstić information content (AvgIpc) is 2.71. The zero-order valence-electron chi connectivity index (χ0n) is 10.3. The molecule has 0 aliphatic carbocycles. The molecule has 0 bridgehead atoms. The third-order valence-electron chi connectivity index (χ3n) is 2.60. The first-order chi connectivity index (χ1) is 8.77. The lowest BCUT2D eigenvalue weighted by atomic mass is 10.3. The molecule has 0 radical (unpaired) electrons. The van der Waals surface area contributed by atoms with Crippen molar-refractivity contribution in [1.82, 2.24) is 14.9 Å². The lowest BCUT2D eigenvalue weighted by Gasteiger charge is -2.07. The summed E-state index contributed by atoms with van der Waals surface area (Å²) in [5, 5.41) is 3.90. The van der Waals surface area contributed by atoms with Crippen molar-refractivity contribution in [2.45, 2.75) is 6.54 Å². The van der Waals surface area contributed by atoms with E-state index in [2.05, 4.69) is 10.3 Å². The van der Waals surface area contributed by atoms with Gasteiger partial charge in [-0.25, -0.2) is 4.98 Å². The number of para-hydroxylation sites is 1. The van der Waals surface area contributed by atoms with E-state index in [-0.39, 0.29) is 0 Å². The van der Waals surface area contributed by atoms with Crippen LogP contribution in [0.5, 0.6) is 5.75 Å². The summed E-state index contributed by atoms with van der Waals surface area (Å²) in [6, 6.07) is 9.77. The first kappa shape index (κ1) is 12.9. The Morgan fingerprint density at radius 1 is 1.33 bits per heavy atom. The molecular formula is C13H16ClN3O. The highest BCUT2D eigenvalue weighted by molar-refractivity contribution is 6.29. The number of halogens is 1. The lowest BCUT2D eigenvalue weighted by Crippen LogP contribution is -2.22. The van der Waals surface area contributed by atoms with Gasteiger partial charge >= 0.3 is 0 Å². The van der Waals surface area contributed by atoms with Crippen LogP contribution < -0.4 is 10.1 Å². The van der Waals surface area contributed by atoms with Crippen molar-refractivity contribution in [3.8, 4) is 5.75 Å². The van der Waals surface area contributed by atoms with Gasteiger partial charge in [0.25, 0.3) is 0 Å². The largest absolute Gasteiger partial charge is 0.492 e. The zero-order valence-corrected chi connectivity index (χ0v) is 11.0. The highest BCUT2D eigenvalue weighted by Crippen LogP contribution is 2.09. The normalized spacial score (nSPS) is 10.6. The minimum Gasteiger partial charge on any atom is -0.492 e. The maximum Gasteiger partial charge on any atom is 0.128 e. The Kier molecular flexibility index (Phi) is 4.61. The summed E-state index contributed by atoms with van der Waals surface area (Å²) in [7, 11) is 1.90. The lowest BCUT2D eigenvalue weighted by molar-refractivity contribution is 0.313. The van der Waals surface area contributed by atoms with Gasteiger partial charge < -0.3 is 14.6 Å². The molecule has 0 fully saturated rings. The standard InChI is InChI=1S/C13H16ClN3O/c1-17-12(14)9-16-13(17)10-15-7-8-18-11-5-3-2-4-6-11/h2-6,9,15H,7-8,10H2,1H3. The summed E-state index contributed by atoms with van der Waals surface area (Å²) < 4.78 is 7.42. The van der Waals surface area contributed by atoms with Gasteiger partial charge in [0, 0.05) is 13.6 Å². The molecule has 96 valence electrons. The van der Waals surface area contributed by atoms with Crippen molar-refractivity contribution in [2.24, 2.45) is 7.05 Å². The predicted octanol–water partition coefficient (Wildman–Crippen LogP) is 2.24. The summed E-state index contributed by atoms with van der Waals surface area (Å²) in [4.78, 5) is 4.20. The first-order valence-corrected chi connectivity index (χ1v) is 6.20. The summed E-state index contributed by atoms with van der Waals surface area (Å²) in [6.07, 6.45) is 1.65. The number of imidazole rings is 1. The molecule has 0 spiro atoms. The quantitative estimate of drug-likeness (QED) is 0.815. The van der Waals surface area contributed by atoms with Gasteiger partial charge in [-0.2, -0.15) is 0 Å². The number of ether oxygens (including phenoxy) is 1. The third-order valence-corrected chi connectivity index (χ3v) is 2.95. The number of nitrogens with one attached hydrogen (secondary N) is 1. The Morgan fingerprint density at radius 2 is 2.11 bits per heavy atom. The van der Waals surface area contributed by atoms with E-state index in [1.54, 1.807) is 6.20 Å². The van der Waals surface area contributed by atoms with Gasteiger partial charge in [-0.3, -0.25) is 0 Å². The van der Waals surface area contributed by atoms with Crippen molar-refractivity contribution in [3.63, 3.8) is 0 Å². The zero-order chi connectivity index (χ0) is 12.8. The number of rotatable bonds is 6. The van der Waals surface area contributed by atoms with E-state index in [0.717, 1.165) is 18.1 Å². The summed E-state index contributed by atoms with van der Waals surface area (Å²) in [5.41, 5.74) is 0. The fraction of sp³-hybridized carbons (Fsp3) is 0.308. The highest BCUT2D eigenvalue weighted by atomic mass is 35.5. The fourth-order valence-corrected chi connectivity index (χ4v) is 1.69. The Balaban J connectivity index is 1.66. The topological polar surface area (TPSA) is 39.1 Å². The van der Waals surface area contributed by atoms with E-state index in [1.165, 1.54) is 0 Å². The monoisotopic (exact) mass is 265 g/mol. The second-order valence-corrected chi connectivity index (χ2v) is 4.28. The maximum absolute atomic E-state index is 5.90. The van der Waals surface area contributed by atoms with Gasteiger partial charge in [-0.15, -0.1) is 0 Å². The molecule has 2 rings (SSSR count). The second-order valence-electron chi connectivity index (χ2n) is 3.89. The molecule has 0 atom stereocenters. The Hall–Kier alpha value is -1.52. The van der Waals surface area contributed by atoms with Crippen LogP contribution in [0.25, 0.3) is 0 Å². The molecule has 1 heterocycles. The number of benzene rings is 1. The van der Waals surface area contributed by atoms with Crippen LogP contribution in [0.4, 0.5) is 0 Å². The van der Waals surface area contributed by atoms with Crippen molar-refractivity contribution in [3.05, 3.63) is 47.5 Å². The van der Waals surface area contributed by atoms with Crippen molar-refractivity contribution in [1.29, 1.82) is 0 Å². The molecule has 0 saturated carbocycles. The van der Waals surface area contributed by atoms with Crippen LogP contribution in [0.1, 0.15) is 5.82 Å². The molecule has 18 heavy (non-hydrogen) atoms. The smallest absolute Gasteiger partial charge is 0.128 e. The van der Waals surface area contributed by atoms with E-state index in [4.69, 9.17) is 16.3 Å². The van der Waals surface area contributed by atoms with E-state index in [0.29, 0.717) is 18.3 Å². The predicted molar refractivity (Wildman–Crippen MR) is 71.9 cm³/mol. The molecule has 0 amide bonds. The van der Waals surface area contributed by atoms with Gasteiger partial charge in [-0.1, -0.05) is 29.8 Å². The van der Waals surface area contributed by atoms with Gasteiger partial charge in [0.2, 0.25) is 0 Å².